The van der Waals surface area contributed by atoms with E-state index in [-0.39, 0.29) is 17.4 Å². The van der Waals surface area contributed by atoms with Gasteiger partial charge in [0.05, 0.1) is 12.5 Å². The molecule has 160 valence electrons. The Hall–Kier alpha value is -2.72. The highest BCUT2D eigenvalue weighted by Crippen LogP contribution is 2.32. The predicted octanol–water partition coefficient (Wildman–Crippen LogP) is 2.78. The van der Waals surface area contributed by atoms with Gasteiger partial charge in [-0.25, -0.2) is 8.42 Å². The molecule has 0 N–H and O–H groups in total. The van der Waals surface area contributed by atoms with Crippen LogP contribution in [0.5, 0.6) is 5.75 Å². The lowest BCUT2D eigenvalue weighted by molar-refractivity contribution is 0.312. The van der Waals surface area contributed by atoms with Crippen molar-refractivity contribution < 1.29 is 22.2 Å². The van der Waals surface area contributed by atoms with Crippen molar-refractivity contribution in [1.82, 2.24) is 19.6 Å². The average molecular weight is 433 g/mol. The van der Waals surface area contributed by atoms with Crippen LogP contribution in [-0.2, 0) is 16.4 Å². The van der Waals surface area contributed by atoms with Crippen molar-refractivity contribution in [1.29, 1.82) is 0 Å². The number of ether oxygens (including phenoxy) is 1. The van der Waals surface area contributed by atoms with Gasteiger partial charge in [-0.05, 0) is 44.9 Å². The quantitative estimate of drug-likeness (QED) is 0.560. The third-order valence-electron chi connectivity index (χ3n) is 5.13. The molecule has 1 fully saturated rings. The van der Waals surface area contributed by atoms with Crippen molar-refractivity contribution in [2.75, 3.05) is 19.7 Å². The second kappa shape index (κ2) is 8.19. The normalized spacial score (nSPS) is 17.5. The molecule has 3 heterocycles. The minimum absolute atomic E-state index is 0.140. The number of hydrogen-bond donors (Lipinski definition) is 0. The topological polar surface area (TPSA) is 112 Å². The van der Waals surface area contributed by atoms with Gasteiger partial charge < -0.3 is 13.8 Å². The number of sulfonamides is 1. The van der Waals surface area contributed by atoms with Crippen LogP contribution in [0, 0.1) is 20.8 Å². The highest BCUT2D eigenvalue weighted by molar-refractivity contribution is 7.89. The van der Waals surface area contributed by atoms with Crippen LogP contribution >= 0.6 is 0 Å². The largest absolute Gasteiger partial charge is 0.493 e. The fourth-order valence-electron chi connectivity index (χ4n) is 3.62. The molecule has 0 amide bonds. The molecule has 0 aliphatic carbocycles. The van der Waals surface area contributed by atoms with Crippen LogP contribution in [-0.4, -0.2) is 47.7 Å². The van der Waals surface area contributed by atoms with E-state index < -0.39 is 10.0 Å². The van der Waals surface area contributed by atoms with Crippen LogP contribution in [0.15, 0.2) is 38.2 Å². The van der Waals surface area contributed by atoms with Crippen LogP contribution in [0.2, 0.25) is 0 Å². The van der Waals surface area contributed by atoms with Crippen molar-refractivity contribution in [3.05, 3.63) is 53.0 Å². The molecule has 0 saturated carbocycles. The van der Waals surface area contributed by atoms with Gasteiger partial charge in [-0.1, -0.05) is 22.4 Å². The number of hydrogen-bond acceptors (Lipinski definition) is 8. The van der Waals surface area contributed by atoms with E-state index in [9.17, 15) is 8.42 Å². The van der Waals surface area contributed by atoms with E-state index in [4.69, 9.17) is 13.8 Å². The predicted molar refractivity (Wildman–Crippen MR) is 107 cm³/mol. The summed E-state index contributed by atoms with van der Waals surface area (Å²) in [7, 11) is -3.67. The standard InChI is InChI=1S/C20H24N4O5S/c1-13-5-4-6-17(11-13)27-10-8-18-21-20(29-23-18)16-7-9-24(12-16)30(25,26)19-14(2)22-28-15(19)3/h4-6,11,16H,7-10,12H2,1-3H3. The maximum Gasteiger partial charge on any atom is 0.248 e. The third kappa shape index (κ3) is 4.10. The van der Waals surface area contributed by atoms with Gasteiger partial charge in [-0.3, -0.25) is 0 Å². The molecule has 1 aromatic carbocycles. The first-order valence-electron chi connectivity index (χ1n) is 9.79. The molecule has 0 spiro atoms. The van der Waals surface area contributed by atoms with Gasteiger partial charge in [0, 0.05) is 19.5 Å². The maximum atomic E-state index is 13.0. The van der Waals surface area contributed by atoms with E-state index in [1.54, 1.807) is 13.8 Å². The van der Waals surface area contributed by atoms with Crippen LogP contribution in [0.25, 0.3) is 0 Å². The van der Waals surface area contributed by atoms with E-state index >= 15 is 0 Å². The average Bonchev–Trinajstić information content (AvgIpc) is 3.42. The second-order valence-electron chi connectivity index (χ2n) is 7.47. The summed E-state index contributed by atoms with van der Waals surface area (Å²) in [6, 6.07) is 7.82. The van der Waals surface area contributed by atoms with Crippen molar-refractivity contribution in [2.24, 2.45) is 0 Å². The lowest BCUT2D eigenvalue weighted by Crippen LogP contribution is -2.29. The Morgan fingerprint density at radius 1 is 1.20 bits per heavy atom. The van der Waals surface area contributed by atoms with Gasteiger partial charge in [0.25, 0.3) is 0 Å². The molecule has 1 unspecified atom stereocenters. The summed E-state index contributed by atoms with van der Waals surface area (Å²) in [6.07, 6.45) is 1.12. The second-order valence-corrected chi connectivity index (χ2v) is 9.34. The first-order chi connectivity index (χ1) is 14.3. The zero-order chi connectivity index (χ0) is 21.3. The Morgan fingerprint density at radius 3 is 2.77 bits per heavy atom. The van der Waals surface area contributed by atoms with E-state index in [1.807, 2.05) is 31.2 Å². The molecule has 9 nitrogen and oxygen atoms in total. The summed E-state index contributed by atoms with van der Waals surface area (Å²) in [5.74, 6) is 1.96. The summed E-state index contributed by atoms with van der Waals surface area (Å²) in [6.45, 7) is 6.33. The first kappa shape index (κ1) is 20.5. The molecule has 0 bridgehead atoms. The summed E-state index contributed by atoms with van der Waals surface area (Å²) in [4.78, 5) is 4.59. The first-order valence-corrected chi connectivity index (χ1v) is 11.2. The highest BCUT2D eigenvalue weighted by atomic mass is 32.2. The van der Waals surface area contributed by atoms with Gasteiger partial charge in [0.1, 0.15) is 16.3 Å². The SMILES string of the molecule is Cc1cccc(OCCc2noc(C3CCN(S(=O)(=O)c4c(C)noc4C)C3)n2)c1. The summed E-state index contributed by atoms with van der Waals surface area (Å²) in [5, 5.41) is 7.77. The van der Waals surface area contributed by atoms with E-state index in [0.29, 0.717) is 49.2 Å². The van der Waals surface area contributed by atoms with Crippen molar-refractivity contribution in [3.63, 3.8) is 0 Å². The Morgan fingerprint density at radius 2 is 2.03 bits per heavy atom. The molecule has 2 aromatic heterocycles. The molecule has 3 aromatic rings. The number of aryl methyl sites for hydroxylation is 3. The van der Waals surface area contributed by atoms with Crippen LogP contribution in [0.4, 0.5) is 0 Å². The van der Waals surface area contributed by atoms with Gasteiger partial charge in [0.2, 0.25) is 15.9 Å². The molecule has 1 atom stereocenters. The summed E-state index contributed by atoms with van der Waals surface area (Å²) in [5.41, 5.74) is 1.50. The molecule has 4 rings (SSSR count). The minimum atomic E-state index is -3.67. The molecule has 1 aliphatic heterocycles. The Balaban J connectivity index is 1.36. The van der Waals surface area contributed by atoms with Crippen molar-refractivity contribution in [3.8, 4) is 5.75 Å². The number of benzene rings is 1. The fourth-order valence-corrected chi connectivity index (χ4v) is 5.41. The number of aromatic nitrogens is 3. The smallest absolute Gasteiger partial charge is 0.248 e. The highest BCUT2D eigenvalue weighted by Gasteiger charge is 2.38. The Bertz CT molecular complexity index is 1120. The minimum Gasteiger partial charge on any atom is -0.493 e. The molecular weight excluding hydrogens is 408 g/mol. The van der Waals surface area contributed by atoms with Crippen LogP contribution in [0.1, 0.15) is 41.1 Å². The zero-order valence-corrected chi connectivity index (χ0v) is 18.0. The maximum absolute atomic E-state index is 13.0. The van der Waals surface area contributed by atoms with Crippen molar-refractivity contribution >= 4 is 10.0 Å². The fraction of sp³-hybridized carbons (Fsp3) is 0.450. The Kier molecular flexibility index (Phi) is 5.61. The molecule has 0 radical (unpaired) electrons. The number of nitrogens with zero attached hydrogens (tertiary/aromatic N) is 4. The van der Waals surface area contributed by atoms with Gasteiger partial charge in [-0.15, -0.1) is 0 Å². The summed E-state index contributed by atoms with van der Waals surface area (Å²) >= 11 is 0. The monoisotopic (exact) mass is 432 g/mol. The third-order valence-corrected chi connectivity index (χ3v) is 7.24. The molecule has 30 heavy (non-hydrogen) atoms. The lowest BCUT2D eigenvalue weighted by atomic mass is 10.1. The molecule has 1 saturated heterocycles. The van der Waals surface area contributed by atoms with Gasteiger partial charge in [0.15, 0.2) is 11.6 Å². The molecule has 1 aliphatic rings. The van der Waals surface area contributed by atoms with E-state index in [2.05, 4.69) is 15.3 Å². The molecular formula is C20H24N4O5S. The summed E-state index contributed by atoms with van der Waals surface area (Å²) < 4.78 is 43.5. The Labute approximate surface area is 175 Å². The molecule has 10 heteroatoms. The van der Waals surface area contributed by atoms with Crippen molar-refractivity contribution in [2.45, 2.75) is 44.4 Å². The number of rotatable bonds is 7. The van der Waals surface area contributed by atoms with E-state index in [0.717, 1.165) is 11.3 Å². The van der Waals surface area contributed by atoms with Gasteiger partial charge >= 0.3 is 0 Å². The van der Waals surface area contributed by atoms with Crippen LogP contribution in [0.3, 0.4) is 0 Å². The van der Waals surface area contributed by atoms with Crippen LogP contribution < -0.4 is 4.74 Å². The lowest BCUT2D eigenvalue weighted by Gasteiger charge is -2.15. The van der Waals surface area contributed by atoms with Gasteiger partial charge in [-0.2, -0.15) is 9.29 Å². The van der Waals surface area contributed by atoms with E-state index in [1.165, 1.54) is 4.31 Å². The zero-order valence-electron chi connectivity index (χ0n) is 17.2.